The second-order valence-electron chi connectivity index (χ2n) is 20.5. The van der Waals surface area contributed by atoms with Gasteiger partial charge < -0.3 is 72.4 Å². The van der Waals surface area contributed by atoms with Gasteiger partial charge in [0, 0.05) is 70.0 Å². The molecule has 0 spiro atoms. The zero-order valence-electron chi connectivity index (χ0n) is 52.8. The van der Waals surface area contributed by atoms with Crippen LogP contribution in [0.5, 0.6) is 11.5 Å². The molecule has 484 valence electrons. The summed E-state index contributed by atoms with van der Waals surface area (Å²) in [5, 5.41) is 5.79. The molecular formula is C64H100N4O18. The van der Waals surface area contributed by atoms with Crippen molar-refractivity contribution >= 4 is 40.8 Å². The number of benzene rings is 2. The van der Waals surface area contributed by atoms with Crippen LogP contribution in [0.15, 0.2) is 67.4 Å². The highest BCUT2D eigenvalue weighted by atomic mass is 16.6. The van der Waals surface area contributed by atoms with Gasteiger partial charge in [0.25, 0.3) is 17.7 Å². The van der Waals surface area contributed by atoms with Crippen LogP contribution in [0.25, 0.3) is 5.57 Å². The summed E-state index contributed by atoms with van der Waals surface area (Å²) in [7, 11) is 3.23. The van der Waals surface area contributed by atoms with Crippen LogP contribution in [-0.4, -0.2) is 224 Å². The van der Waals surface area contributed by atoms with Gasteiger partial charge >= 0.3 is 0 Å². The van der Waals surface area contributed by atoms with Gasteiger partial charge in [0.15, 0.2) is 11.5 Å². The molecule has 22 heteroatoms. The van der Waals surface area contributed by atoms with Gasteiger partial charge in [-0.25, -0.2) is 0 Å². The second kappa shape index (κ2) is 48.3. The van der Waals surface area contributed by atoms with Gasteiger partial charge in [-0.05, 0) is 81.3 Å². The van der Waals surface area contributed by atoms with Crippen LogP contribution in [0, 0.1) is 25.7 Å². The predicted octanol–water partition coefficient (Wildman–Crippen LogP) is 6.17. The first-order valence-electron chi connectivity index (χ1n) is 29.8. The van der Waals surface area contributed by atoms with E-state index in [4.69, 9.17) is 56.8 Å². The molecule has 0 saturated carbocycles. The molecule has 2 aliphatic rings. The Morgan fingerprint density at radius 2 is 1.15 bits per heavy atom. The van der Waals surface area contributed by atoms with E-state index in [1.165, 1.54) is 24.6 Å². The third-order valence-corrected chi connectivity index (χ3v) is 13.1. The lowest BCUT2D eigenvalue weighted by Crippen LogP contribution is -2.35. The summed E-state index contributed by atoms with van der Waals surface area (Å²) in [4.78, 5) is 72.2. The van der Waals surface area contributed by atoms with E-state index in [0.717, 1.165) is 41.0 Å². The maximum Gasteiger partial charge on any atom is 0.258 e. The molecule has 2 N–H and O–H groups in total. The van der Waals surface area contributed by atoms with Crippen molar-refractivity contribution in [1.82, 2.24) is 20.4 Å². The molecule has 4 amide bonds. The molecule has 0 bridgehead atoms. The molecule has 4 rings (SSSR count). The fourth-order valence-electron chi connectivity index (χ4n) is 7.68. The Bertz CT molecular complexity index is 2290. The van der Waals surface area contributed by atoms with E-state index in [1.807, 2.05) is 25.3 Å². The Hall–Kier alpha value is -5.76. The number of rotatable bonds is 47. The number of carbonyl (C=O) groups excluding carboxylic acids is 6. The van der Waals surface area contributed by atoms with E-state index in [-0.39, 0.29) is 42.4 Å². The Balaban J connectivity index is 0.000000504. The number of ketones is 2. The van der Waals surface area contributed by atoms with E-state index in [0.29, 0.717) is 181 Å². The Morgan fingerprint density at radius 1 is 0.640 bits per heavy atom. The van der Waals surface area contributed by atoms with E-state index in [9.17, 15) is 28.8 Å². The molecule has 0 aliphatic carbocycles. The zero-order valence-corrected chi connectivity index (χ0v) is 52.8. The molecule has 2 aliphatic heterocycles. The first-order valence-corrected chi connectivity index (χ1v) is 29.8. The molecule has 86 heavy (non-hydrogen) atoms. The molecule has 0 fully saturated rings. The number of ether oxygens (including phenoxy) is 12. The number of Topliss-reactive ketones (excluding diaryl/α,β-unsaturated/α-hetero) is 2. The predicted molar refractivity (Wildman–Crippen MR) is 327 cm³/mol. The topological polar surface area (TPSA) is 244 Å². The summed E-state index contributed by atoms with van der Waals surface area (Å²) in [5.74, 6) is 1.68. The second-order valence-corrected chi connectivity index (χ2v) is 20.5. The first-order chi connectivity index (χ1) is 41.5. The average molecular weight is 1210 g/mol. The standard InChI is InChI=1S/C28H35NO5.C27H46N2O12.C9H19NO/c1-6-24-17-23(22-10-8-20(2)9-11-22)19-29(24)28(30)25-18-26(32-5)27(16-21(25)3)34-13-7-12-33-15-14-31-4;1-24(30)5-8-34-10-12-36-14-16-38-18-20-40-22-23-41-21-19-39-17-15-37-13-11-35-9-6-28-25(31)4-7-29-26(32)2-3-27(29)33;1-7(2)8(3)5-10-6-9(4)11/h6,8-11,16,18-19,24H,1,7,12-15,17H2,2-5H3;2-3H,4-23H2,1H3,(H,28,31);7-8,10H,5-6H2,1-4H3. The molecule has 2 aromatic carbocycles. The van der Waals surface area contributed by atoms with Gasteiger partial charge in [-0.2, -0.15) is 0 Å². The molecule has 0 aromatic heterocycles. The zero-order chi connectivity index (χ0) is 63.2. The van der Waals surface area contributed by atoms with Crippen LogP contribution >= 0.6 is 0 Å². The number of hydrogen-bond acceptors (Lipinski definition) is 19. The molecule has 0 saturated heterocycles. The average Bonchev–Trinajstić information content (AvgIpc) is 2.15. The largest absolute Gasteiger partial charge is 0.493 e. The Morgan fingerprint density at radius 3 is 1.64 bits per heavy atom. The lowest BCUT2D eigenvalue weighted by atomic mass is 9.98. The first kappa shape index (κ1) is 76.3. The fourth-order valence-corrected chi connectivity index (χ4v) is 7.68. The molecule has 2 atom stereocenters. The van der Waals surface area contributed by atoms with Crippen LogP contribution in [0.1, 0.15) is 87.4 Å². The van der Waals surface area contributed by atoms with Gasteiger partial charge in [0.2, 0.25) is 5.91 Å². The molecule has 22 nitrogen and oxygen atoms in total. The van der Waals surface area contributed by atoms with Crippen molar-refractivity contribution in [2.24, 2.45) is 11.8 Å². The van der Waals surface area contributed by atoms with Crippen molar-refractivity contribution in [2.75, 3.05) is 173 Å². The lowest BCUT2D eigenvalue weighted by Gasteiger charge is -2.22. The normalized spacial score (nSPS) is 13.9. The molecule has 2 unspecified atom stereocenters. The summed E-state index contributed by atoms with van der Waals surface area (Å²) in [6.07, 6.45) is 8.12. The number of nitrogens with one attached hydrogen (secondary N) is 2. The maximum absolute atomic E-state index is 13.5. The molecular weight excluding hydrogens is 1110 g/mol. The lowest BCUT2D eigenvalue weighted by molar-refractivity contribution is -0.137. The van der Waals surface area contributed by atoms with Crippen molar-refractivity contribution in [2.45, 2.75) is 80.2 Å². The van der Waals surface area contributed by atoms with Crippen molar-refractivity contribution in [3.05, 3.63) is 89.7 Å². The highest BCUT2D eigenvalue weighted by Gasteiger charge is 2.30. The minimum Gasteiger partial charge on any atom is -0.493 e. The van der Waals surface area contributed by atoms with Crippen molar-refractivity contribution in [3.8, 4) is 11.5 Å². The number of imide groups is 1. The molecule has 0 radical (unpaired) electrons. The van der Waals surface area contributed by atoms with E-state index < -0.39 is 11.8 Å². The minimum atomic E-state index is -0.397. The smallest absolute Gasteiger partial charge is 0.258 e. The third kappa shape index (κ3) is 35.1. The van der Waals surface area contributed by atoms with Crippen LogP contribution in [0.3, 0.4) is 0 Å². The van der Waals surface area contributed by atoms with Crippen molar-refractivity contribution in [3.63, 3.8) is 0 Å². The summed E-state index contributed by atoms with van der Waals surface area (Å²) in [5.41, 5.74) is 4.87. The maximum atomic E-state index is 13.5. The van der Waals surface area contributed by atoms with Crippen LogP contribution in [0.4, 0.5) is 0 Å². The van der Waals surface area contributed by atoms with Crippen LogP contribution < -0.4 is 20.1 Å². The minimum absolute atomic E-state index is 0.0533. The number of aryl methyl sites for hydroxylation is 2. The number of amides is 4. The van der Waals surface area contributed by atoms with Crippen LogP contribution in [0.2, 0.25) is 0 Å². The summed E-state index contributed by atoms with van der Waals surface area (Å²) in [6.45, 7) is 28.9. The summed E-state index contributed by atoms with van der Waals surface area (Å²) < 4.78 is 65.0. The summed E-state index contributed by atoms with van der Waals surface area (Å²) in [6, 6.07) is 11.9. The Labute approximate surface area is 510 Å². The van der Waals surface area contributed by atoms with Crippen molar-refractivity contribution < 1.29 is 85.6 Å². The SMILES string of the molecule is C=CC1CC(c2ccc(C)cc2)=CN1C(=O)c1cc(OC)c(OCCCOCCOC)cc1C.CC(=O)CCOCCOCCOCCOCCOCCOCCOCCOCCNC(=O)CCN1C(=O)C=CC1=O.CC(=O)CNCC(C)C(C)C. The Kier molecular flexibility index (Phi) is 42.9. The quantitative estimate of drug-likeness (QED) is 0.0427. The number of carbonyl (C=O) groups is 6. The number of hydrogen-bond donors (Lipinski definition) is 2. The molecule has 2 aromatic rings. The van der Waals surface area contributed by atoms with Gasteiger partial charge in [0.05, 0.1) is 145 Å². The van der Waals surface area contributed by atoms with Crippen LogP contribution in [-0.2, 0) is 71.3 Å². The highest BCUT2D eigenvalue weighted by molar-refractivity contribution is 6.13. The van der Waals surface area contributed by atoms with Crippen molar-refractivity contribution in [1.29, 1.82) is 0 Å². The summed E-state index contributed by atoms with van der Waals surface area (Å²) >= 11 is 0. The van der Waals surface area contributed by atoms with Gasteiger partial charge in [0.1, 0.15) is 11.6 Å². The fraction of sp³-hybridized carbons (Fsp3) is 0.625. The van der Waals surface area contributed by atoms with E-state index in [2.05, 4.69) is 69.2 Å². The van der Waals surface area contributed by atoms with E-state index in [1.54, 1.807) is 32.1 Å². The third-order valence-electron chi connectivity index (χ3n) is 13.1. The van der Waals surface area contributed by atoms with Gasteiger partial charge in [-0.3, -0.25) is 33.7 Å². The van der Waals surface area contributed by atoms with E-state index >= 15 is 0 Å². The molecule has 2 heterocycles. The monoisotopic (exact) mass is 1210 g/mol. The van der Waals surface area contributed by atoms with Gasteiger partial charge in [-0.1, -0.05) is 56.7 Å². The number of nitrogens with zero attached hydrogens (tertiary/aromatic N) is 2. The van der Waals surface area contributed by atoms with Gasteiger partial charge in [-0.15, -0.1) is 6.58 Å². The highest BCUT2D eigenvalue weighted by Crippen LogP contribution is 2.35. The number of methoxy groups -OCH3 is 2.